The number of rotatable bonds is 2. The van der Waals surface area contributed by atoms with Gasteiger partial charge < -0.3 is 15.8 Å². The normalized spacial score (nSPS) is 33.2. The summed E-state index contributed by atoms with van der Waals surface area (Å²) >= 11 is 0. The van der Waals surface area contributed by atoms with Gasteiger partial charge in [-0.25, -0.2) is 9.97 Å². The molecule has 4 unspecified atom stereocenters. The van der Waals surface area contributed by atoms with Gasteiger partial charge in [0.25, 0.3) is 0 Å². The zero-order chi connectivity index (χ0) is 13.0. The van der Waals surface area contributed by atoms with Crippen LogP contribution < -0.4 is 11.1 Å². The zero-order valence-corrected chi connectivity index (χ0v) is 10.7. The maximum atomic E-state index is 6.20. The highest BCUT2D eigenvalue weighted by Gasteiger charge is 2.52. The van der Waals surface area contributed by atoms with E-state index in [0.29, 0.717) is 5.92 Å². The largest absolute Gasteiger partial charge is 0.376 e. The number of ether oxygens (including phenoxy) is 1. The van der Waals surface area contributed by atoms with Crippen molar-refractivity contribution in [3.8, 4) is 0 Å². The average Bonchev–Trinajstić information content (AvgIpc) is 3.01. The van der Waals surface area contributed by atoms with Gasteiger partial charge in [-0.05, 0) is 6.42 Å². The minimum absolute atomic E-state index is 0.130. The van der Waals surface area contributed by atoms with Crippen LogP contribution in [0.25, 0.3) is 11.0 Å². The molecular weight excluding hydrogens is 244 g/mol. The predicted molar refractivity (Wildman–Crippen MR) is 69.5 cm³/mol. The molecule has 0 amide bonds. The molecule has 0 bridgehead atoms. The van der Waals surface area contributed by atoms with E-state index < -0.39 is 0 Å². The van der Waals surface area contributed by atoms with Crippen molar-refractivity contribution in [2.24, 2.45) is 18.7 Å². The van der Waals surface area contributed by atoms with Crippen LogP contribution in [0.15, 0.2) is 12.5 Å². The van der Waals surface area contributed by atoms with Gasteiger partial charge in [0.05, 0.1) is 23.7 Å². The van der Waals surface area contributed by atoms with Gasteiger partial charge in [-0.15, -0.1) is 0 Å². The molecule has 19 heavy (non-hydrogen) atoms. The Bertz CT molecular complexity index is 626. The van der Waals surface area contributed by atoms with E-state index in [1.54, 1.807) is 17.2 Å². The molecule has 1 saturated carbocycles. The quantitative estimate of drug-likeness (QED) is 0.783. The third kappa shape index (κ3) is 1.48. The van der Waals surface area contributed by atoms with Gasteiger partial charge in [0, 0.05) is 25.6 Å². The Balaban J connectivity index is 1.65. The molecule has 0 aromatic carbocycles. The van der Waals surface area contributed by atoms with Crippen molar-refractivity contribution >= 4 is 16.9 Å². The topological polar surface area (TPSA) is 90.9 Å². The molecule has 1 saturated heterocycles. The van der Waals surface area contributed by atoms with Crippen molar-refractivity contribution in [2.45, 2.75) is 24.6 Å². The van der Waals surface area contributed by atoms with Crippen LogP contribution in [0.3, 0.4) is 0 Å². The summed E-state index contributed by atoms with van der Waals surface area (Å²) in [5.74, 6) is 1.27. The number of nitrogens with zero attached hydrogens (tertiary/aromatic N) is 4. The van der Waals surface area contributed by atoms with Crippen molar-refractivity contribution < 1.29 is 4.74 Å². The molecule has 2 aromatic rings. The lowest BCUT2D eigenvalue weighted by Crippen LogP contribution is -2.65. The lowest BCUT2D eigenvalue weighted by Gasteiger charge is -2.45. The monoisotopic (exact) mass is 260 g/mol. The number of fused-ring (bicyclic) bond motifs is 2. The van der Waals surface area contributed by atoms with Gasteiger partial charge in [0.2, 0.25) is 0 Å². The standard InChI is InChI=1S/C12H16N6O/c1-18-12-7(4-16-18)11(14-5-15-12)17-9-8(13)6-2-3-19-10(6)9/h4-6,8-10H,2-3,13H2,1H3,(H,14,15,17). The highest BCUT2D eigenvalue weighted by atomic mass is 16.5. The van der Waals surface area contributed by atoms with Crippen molar-refractivity contribution in [1.29, 1.82) is 0 Å². The Morgan fingerprint density at radius 3 is 3.26 bits per heavy atom. The second kappa shape index (κ2) is 3.88. The third-order valence-electron chi connectivity index (χ3n) is 4.28. The molecule has 2 aromatic heterocycles. The molecule has 1 aliphatic carbocycles. The van der Waals surface area contributed by atoms with Crippen LogP contribution in [0.5, 0.6) is 0 Å². The maximum absolute atomic E-state index is 6.20. The predicted octanol–water partition coefficient (Wildman–Crippen LogP) is -0.110. The molecule has 3 heterocycles. The van der Waals surface area contributed by atoms with E-state index in [0.717, 1.165) is 29.9 Å². The highest BCUT2D eigenvalue weighted by molar-refractivity contribution is 5.86. The van der Waals surface area contributed by atoms with Crippen LogP contribution in [0.4, 0.5) is 5.82 Å². The number of anilines is 1. The molecule has 7 heteroatoms. The minimum Gasteiger partial charge on any atom is -0.376 e. The zero-order valence-electron chi connectivity index (χ0n) is 10.7. The molecular formula is C12H16N6O. The van der Waals surface area contributed by atoms with Gasteiger partial charge in [-0.3, -0.25) is 4.68 Å². The van der Waals surface area contributed by atoms with Gasteiger partial charge in [0.1, 0.15) is 12.1 Å². The fourth-order valence-corrected chi connectivity index (χ4v) is 3.16. The first kappa shape index (κ1) is 11.1. The lowest BCUT2D eigenvalue weighted by atomic mass is 9.72. The molecule has 0 radical (unpaired) electrons. The molecule has 3 N–H and O–H groups in total. The summed E-state index contributed by atoms with van der Waals surface area (Å²) in [6.07, 6.45) is 4.60. The molecule has 2 fully saturated rings. The summed E-state index contributed by atoms with van der Waals surface area (Å²) in [4.78, 5) is 8.53. The second-order valence-electron chi connectivity index (χ2n) is 5.26. The van der Waals surface area contributed by atoms with Crippen molar-refractivity contribution in [3.05, 3.63) is 12.5 Å². The van der Waals surface area contributed by atoms with Crippen molar-refractivity contribution in [3.63, 3.8) is 0 Å². The molecule has 4 rings (SSSR count). The lowest BCUT2D eigenvalue weighted by molar-refractivity contribution is 0.00529. The van der Waals surface area contributed by atoms with Crippen molar-refractivity contribution in [1.82, 2.24) is 19.7 Å². The third-order valence-corrected chi connectivity index (χ3v) is 4.28. The Kier molecular flexibility index (Phi) is 2.27. The summed E-state index contributed by atoms with van der Waals surface area (Å²) in [5.41, 5.74) is 7.01. The van der Waals surface area contributed by atoms with E-state index in [1.165, 1.54) is 0 Å². The fraction of sp³-hybridized carbons (Fsp3) is 0.583. The number of nitrogens with one attached hydrogen (secondary N) is 1. The average molecular weight is 260 g/mol. The molecule has 4 atom stereocenters. The molecule has 1 aliphatic heterocycles. The van der Waals surface area contributed by atoms with Crippen molar-refractivity contribution in [2.75, 3.05) is 11.9 Å². The first-order chi connectivity index (χ1) is 9.25. The van der Waals surface area contributed by atoms with E-state index >= 15 is 0 Å². The molecule has 7 nitrogen and oxygen atoms in total. The minimum atomic E-state index is 0.130. The SMILES string of the molecule is Cn1ncc2c(NC3C(N)C4CCOC43)ncnc21. The first-order valence-electron chi connectivity index (χ1n) is 6.52. The van der Waals surface area contributed by atoms with Gasteiger partial charge in [-0.1, -0.05) is 0 Å². The Morgan fingerprint density at radius 2 is 2.37 bits per heavy atom. The number of aryl methyl sites for hydroxylation is 1. The van der Waals surface area contributed by atoms with Gasteiger partial charge in [-0.2, -0.15) is 5.10 Å². The van der Waals surface area contributed by atoms with E-state index in [-0.39, 0.29) is 18.2 Å². The second-order valence-corrected chi connectivity index (χ2v) is 5.26. The summed E-state index contributed by atoms with van der Waals surface area (Å²) in [6, 6.07) is 0.264. The molecule has 100 valence electrons. The number of hydrogen-bond donors (Lipinski definition) is 2. The van der Waals surface area contributed by atoms with Crippen LogP contribution in [-0.4, -0.2) is 44.5 Å². The van der Waals surface area contributed by atoms with E-state index in [2.05, 4.69) is 20.4 Å². The van der Waals surface area contributed by atoms with Gasteiger partial charge in [0.15, 0.2) is 5.65 Å². The van der Waals surface area contributed by atoms with Crippen LogP contribution in [-0.2, 0) is 11.8 Å². The van der Waals surface area contributed by atoms with E-state index in [9.17, 15) is 0 Å². The maximum Gasteiger partial charge on any atom is 0.163 e. The van der Waals surface area contributed by atoms with Crippen LogP contribution in [0.2, 0.25) is 0 Å². The van der Waals surface area contributed by atoms with Gasteiger partial charge >= 0.3 is 0 Å². The van der Waals surface area contributed by atoms with E-state index in [1.807, 2.05) is 7.05 Å². The Labute approximate surface area is 110 Å². The van der Waals surface area contributed by atoms with E-state index in [4.69, 9.17) is 10.5 Å². The summed E-state index contributed by atoms with van der Waals surface area (Å²) in [6.45, 7) is 0.813. The van der Waals surface area contributed by atoms with Crippen LogP contribution in [0, 0.1) is 5.92 Å². The summed E-state index contributed by atoms with van der Waals surface area (Å²) in [5, 5.41) is 8.52. The summed E-state index contributed by atoms with van der Waals surface area (Å²) in [7, 11) is 1.87. The molecule has 0 spiro atoms. The number of aromatic nitrogens is 4. The Hall–Kier alpha value is -1.73. The smallest absolute Gasteiger partial charge is 0.163 e. The fourth-order valence-electron chi connectivity index (χ4n) is 3.16. The first-order valence-corrected chi connectivity index (χ1v) is 6.52. The number of nitrogens with two attached hydrogens (primary N) is 1. The highest BCUT2D eigenvalue weighted by Crippen LogP contribution is 2.39. The molecule has 2 aliphatic rings. The van der Waals surface area contributed by atoms with Crippen LogP contribution in [0.1, 0.15) is 6.42 Å². The van der Waals surface area contributed by atoms with Crippen LogP contribution >= 0.6 is 0 Å². The Morgan fingerprint density at radius 1 is 1.47 bits per heavy atom. The number of hydrogen-bond acceptors (Lipinski definition) is 6. The summed E-state index contributed by atoms with van der Waals surface area (Å²) < 4.78 is 7.45.